The fraction of sp³-hybridized carbons (Fsp3) is 0.682. The Morgan fingerprint density at radius 2 is 2.00 bits per heavy atom. The molecule has 3 rings (SSSR count). The molecule has 1 atom stereocenters. The van der Waals surface area contributed by atoms with Gasteiger partial charge in [0.1, 0.15) is 11.3 Å². The van der Waals surface area contributed by atoms with E-state index in [1.54, 1.807) is 9.47 Å². The first kappa shape index (κ1) is 22.3. The number of amides is 1. The molecule has 2 aliphatic heterocycles. The molecule has 2 aliphatic rings. The van der Waals surface area contributed by atoms with Gasteiger partial charge < -0.3 is 23.8 Å². The highest BCUT2D eigenvalue weighted by molar-refractivity contribution is 5.93. The van der Waals surface area contributed by atoms with E-state index >= 15 is 0 Å². The number of pyridine rings is 1. The zero-order chi connectivity index (χ0) is 21.7. The summed E-state index contributed by atoms with van der Waals surface area (Å²) >= 11 is 0. The number of rotatable bonds is 7. The van der Waals surface area contributed by atoms with Crippen LogP contribution in [0.1, 0.15) is 55.1 Å². The number of methoxy groups -OCH3 is 1. The average molecular weight is 420 g/mol. The summed E-state index contributed by atoms with van der Waals surface area (Å²) in [6, 6.07) is 1.85. The van der Waals surface area contributed by atoms with Crippen molar-refractivity contribution in [1.29, 1.82) is 0 Å². The number of likely N-dealkylation sites (tertiary alicyclic amines) is 1. The van der Waals surface area contributed by atoms with Crippen LogP contribution in [0.25, 0.3) is 0 Å². The summed E-state index contributed by atoms with van der Waals surface area (Å²) in [5.74, 6) is -0.151. The number of aromatic nitrogens is 1. The summed E-state index contributed by atoms with van der Waals surface area (Å²) in [5, 5.41) is 0. The largest absolute Gasteiger partial charge is 0.492 e. The first-order valence-corrected chi connectivity index (χ1v) is 10.9. The molecule has 8 nitrogen and oxygen atoms in total. The molecule has 0 saturated carbocycles. The van der Waals surface area contributed by atoms with Crippen LogP contribution in [0.3, 0.4) is 0 Å². The standard InChI is InChI=1S/C22H33N3O5/c1-4-6-19(26)24-11-8-17-21(22(28)29-3)18(15-20(27)25(17)13-12-24)30-14-9-16-7-5-10-23(16)2/h15-16H,4-14H2,1-3H3. The van der Waals surface area contributed by atoms with Crippen molar-refractivity contribution >= 4 is 11.9 Å². The fourth-order valence-electron chi connectivity index (χ4n) is 4.46. The predicted octanol–water partition coefficient (Wildman–Crippen LogP) is 1.68. The highest BCUT2D eigenvalue weighted by Gasteiger charge is 2.27. The maximum absolute atomic E-state index is 12.8. The molecule has 1 amide bonds. The number of carbonyl (C=O) groups is 2. The van der Waals surface area contributed by atoms with Crippen molar-refractivity contribution < 1.29 is 19.1 Å². The van der Waals surface area contributed by atoms with Gasteiger partial charge in [-0.3, -0.25) is 9.59 Å². The van der Waals surface area contributed by atoms with Crippen molar-refractivity contribution in [3.63, 3.8) is 0 Å². The predicted molar refractivity (Wildman–Crippen MR) is 113 cm³/mol. The quantitative estimate of drug-likeness (QED) is 0.626. The summed E-state index contributed by atoms with van der Waals surface area (Å²) in [6.45, 7) is 4.78. The van der Waals surface area contributed by atoms with Gasteiger partial charge in [0, 0.05) is 50.3 Å². The van der Waals surface area contributed by atoms with Gasteiger partial charge in [-0.1, -0.05) is 6.92 Å². The summed E-state index contributed by atoms with van der Waals surface area (Å²) < 4.78 is 12.5. The van der Waals surface area contributed by atoms with Crippen molar-refractivity contribution in [3.8, 4) is 5.75 Å². The Balaban J connectivity index is 1.83. The third-order valence-corrected chi connectivity index (χ3v) is 6.18. The molecule has 0 N–H and O–H groups in total. The molecule has 8 heteroatoms. The lowest BCUT2D eigenvalue weighted by Crippen LogP contribution is -2.34. The Morgan fingerprint density at radius 3 is 2.67 bits per heavy atom. The monoisotopic (exact) mass is 419 g/mol. The number of hydrogen-bond acceptors (Lipinski definition) is 6. The molecule has 0 aliphatic carbocycles. The number of carbonyl (C=O) groups excluding carboxylic acids is 2. The molecule has 1 unspecified atom stereocenters. The molecule has 166 valence electrons. The van der Waals surface area contributed by atoms with E-state index in [9.17, 15) is 14.4 Å². The number of ether oxygens (including phenoxy) is 2. The lowest BCUT2D eigenvalue weighted by atomic mass is 10.1. The average Bonchev–Trinajstić information content (AvgIpc) is 2.99. The Kier molecular flexibility index (Phi) is 7.53. The van der Waals surface area contributed by atoms with E-state index in [1.807, 2.05) is 6.92 Å². The van der Waals surface area contributed by atoms with Crippen molar-refractivity contribution in [2.45, 2.75) is 58.0 Å². The summed E-state index contributed by atoms with van der Waals surface area (Å²) in [4.78, 5) is 41.8. The Hall–Kier alpha value is -2.35. The fourth-order valence-corrected chi connectivity index (χ4v) is 4.46. The minimum absolute atomic E-state index is 0.0788. The molecule has 1 saturated heterocycles. The van der Waals surface area contributed by atoms with Gasteiger partial charge in [-0.15, -0.1) is 0 Å². The molecular formula is C22H33N3O5. The summed E-state index contributed by atoms with van der Waals surface area (Å²) in [5.41, 5.74) is 0.686. The van der Waals surface area contributed by atoms with Crippen LogP contribution in [-0.4, -0.2) is 72.7 Å². The van der Waals surface area contributed by atoms with Crippen LogP contribution in [0.15, 0.2) is 10.9 Å². The minimum atomic E-state index is -0.514. The molecule has 1 aromatic heterocycles. The number of fused-ring (bicyclic) bond motifs is 1. The van der Waals surface area contributed by atoms with Gasteiger partial charge in [0.2, 0.25) is 5.91 Å². The smallest absolute Gasteiger partial charge is 0.343 e. The molecule has 0 aromatic carbocycles. The molecular weight excluding hydrogens is 386 g/mol. The summed E-state index contributed by atoms with van der Waals surface area (Å²) in [6.07, 6.45) is 4.84. The topological polar surface area (TPSA) is 81.1 Å². The van der Waals surface area contributed by atoms with Crippen LogP contribution in [0.2, 0.25) is 0 Å². The number of esters is 1. The van der Waals surface area contributed by atoms with Gasteiger partial charge in [0.15, 0.2) is 0 Å². The van der Waals surface area contributed by atoms with E-state index in [0.717, 1.165) is 25.8 Å². The first-order chi connectivity index (χ1) is 14.5. The van der Waals surface area contributed by atoms with Gasteiger partial charge in [0.05, 0.1) is 13.7 Å². The van der Waals surface area contributed by atoms with Gasteiger partial charge in [-0.2, -0.15) is 0 Å². The van der Waals surface area contributed by atoms with Gasteiger partial charge in [0.25, 0.3) is 5.56 Å². The second-order valence-corrected chi connectivity index (χ2v) is 8.11. The second kappa shape index (κ2) is 10.1. The first-order valence-electron chi connectivity index (χ1n) is 10.9. The van der Waals surface area contributed by atoms with Gasteiger partial charge in [-0.25, -0.2) is 4.79 Å². The Bertz CT molecular complexity index is 835. The maximum atomic E-state index is 12.8. The van der Waals surface area contributed by atoms with Crippen molar-refractivity contribution in [3.05, 3.63) is 27.7 Å². The zero-order valence-electron chi connectivity index (χ0n) is 18.3. The normalized spacial score (nSPS) is 19.3. The van der Waals surface area contributed by atoms with Gasteiger partial charge >= 0.3 is 5.97 Å². The van der Waals surface area contributed by atoms with Crippen molar-refractivity contribution in [2.75, 3.05) is 40.4 Å². The van der Waals surface area contributed by atoms with E-state index < -0.39 is 5.97 Å². The van der Waals surface area contributed by atoms with E-state index in [4.69, 9.17) is 9.47 Å². The van der Waals surface area contributed by atoms with Crippen LogP contribution in [0, 0.1) is 0 Å². The Labute approximate surface area is 177 Å². The highest BCUT2D eigenvalue weighted by Crippen LogP contribution is 2.25. The lowest BCUT2D eigenvalue weighted by Gasteiger charge is -2.21. The Morgan fingerprint density at radius 1 is 1.20 bits per heavy atom. The minimum Gasteiger partial charge on any atom is -0.492 e. The van der Waals surface area contributed by atoms with E-state index in [1.165, 1.54) is 19.6 Å². The van der Waals surface area contributed by atoms with Crippen LogP contribution < -0.4 is 10.3 Å². The van der Waals surface area contributed by atoms with E-state index in [2.05, 4.69) is 11.9 Å². The maximum Gasteiger partial charge on any atom is 0.343 e. The number of nitrogens with zero attached hydrogens (tertiary/aromatic N) is 3. The van der Waals surface area contributed by atoms with Crippen LogP contribution in [0.4, 0.5) is 0 Å². The van der Waals surface area contributed by atoms with Crippen LogP contribution >= 0.6 is 0 Å². The molecule has 3 heterocycles. The molecule has 1 fully saturated rings. The zero-order valence-corrected chi connectivity index (χ0v) is 18.3. The number of hydrogen-bond donors (Lipinski definition) is 0. The van der Waals surface area contributed by atoms with E-state index in [-0.39, 0.29) is 17.2 Å². The molecule has 30 heavy (non-hydrogen) atoms. The summed E-state index contributed by atoms with van der Waals surface area (Å²) in [7, 11) is 3.44. The second-order valence-electron chi connectivity index (χ2n) is 8.11. The van der Waals surface area contributed by atoms with E-state index in [0.29, 0.717) is 56.4 Å². The van der Waals surface area contributed by atoms with Crippen molar-refractivity contribution in [2.24, 2.45) is 0 Å². The molecule has 0 radical (unpaired) electrons. The molecule has 0 spiro atoms. The third-order valence-electron chi connectivity index (χ3n) is 6.18. The highest BCUT2D eigenvalue weighted by atomic mass is 16.5. The SMILES string of the molecule is CCCC(=O)N1CCc2c(C(=O)OC)c(OCCC3CCCN3C)cc(=O)n2CC1. The van der Waals surface area contributed by atoms with Crippen LogP contribution in [0.5, 0.6) is 5.75 Å². The van der Waals surface area contributed by atoms with Crippen molar-refractivity contribution in [1.82, 2.24) is 14.4 Å². The molecule has 1 aromatic rings. The molecule has 0 bridgehead atoms. The van der Waals surface area contributed by atoms with Gasteiger partial charge in [-0.05, 0) is 39.3 Å². The van der Waals surface area contributed by atoms with Crippen LogP contribution in [-0.2, 0) is 22.5 Å². The third kappa shape index (κ3) is 4.86. The lowest BCUT2D eigenvalue weighted by molar-refractivity contribution is -0.131.